The lowest BCUT2D eigenvalue weighted by Crippen LogP contribution is -2.36. The van der Waals surface area contributed by atoms with Gasteiger partial charge in [0, 0.05) is 31.0 Å². The molecule has 1 aromatic rings. The van der Waals surface area contributed by atoms with E-state index in [9.17, 15) is 0 Å². The summed E-state index contributed by atoms with van der Waals surface area (Å²) >= 11 is 0. The summed E-state index contributed by atoms with van der Waals surface area (Å²) in [5.41, 5.74) is 0. The Kier molecular flexibility index (Phi) is 4.05. The van der Waals surface area contributed by atoms with Crippen LogP contribution in [0.5, 0.6) is 0 Å². The van der Waals surface area contributed by atoms with Gasteiger partial charge < -0.3 is 9.88 Å². The summed E-state index contributed by atoms with van der Waals surface area (Å²) in [6.07, 6.45) is 6.60. The Morgan fingerprint density at radius 1 is 1.29 bits per heavy atom. The zero-order valence-electron chi connectivity index (χ0n) is 11.2. The van der Waals surface area contributed by atoms with Crippen LogP contribution in [0.15, 0.2) is 12.4 Å². The predicted octanol–water partition coefficient (Wildman–Crippen LogP) is 2.36. The van der Waals surface area contributed by atoms with Crippen LogP contribution in [0.1, 0.15) is 39.7 Å². The maximum atomic E-state index is 4.37. The minimum atomic E-state index is 0.460. The lowest BCUT2D eigenvalue weighted by Gasteiger charge is -2.24. The molecule has 4 nitrogen and oxygen atoms in total. The highest BCUT2D eigenvalue weighted by atomic mass is 15.2. The number of aromatic nitrogens is 2. The zero-order valence-corrected chi connectivity index (χ0v) is 11.2. The third kappa shape index (κ3) is 3.00. The fraction of sp³-hybridized carbons (Fsp3) is 0.769. The van der Waals surface area contributed by atoms with Crippen molar-refractivity contribution in [1.29, 1.82) is 0 Å². The van der Waals surface area contributed by atoms with Crippen LogP contribution in [0.25, 0.3) is 0 Å². The minimum Gasteiger partial charge on any atom is -0.354 e. The molecule has 17 heavy (non-hydrogen) atoms. The highest BCUT2D eigenvalue weighted by molar-refractivity contribution is 5.26. The van der Waals surface area contributed by atoms with Gasteiger partial charge in [0.1, 0.15) is 0 Å². The predicted molar refractivity (Wildman–Crippen MR) is 71.4 cm³/mol. The Bertz CT molecular complexity index is 339. The van der Waals surface area contributed by atoms with Gasteiger partial charge in [-0.3, -0.25) is 4.90 Å². The first-order valence-electron chi connectivity index (χ1n) is 6.69. The van der Waals surface area contributed by atoms with Gasteiger partial charge in [0.05, 0.1) is 0 Å². The first kappa shape index (κ1) is 12.4. The molecule has 0 bridgehead atoms. The van der Waals surface area contributed by atoms with Gasteiger partial charge in [0.15, 0.2) is 0 Å². The highest BCUT2D eigenvalue weighted by Gasteiger charge is 2.18. The summed E-state index contributed by atoms with van der Waals surface area (Å²) in [7, 11) is 0. The van der Waals surface area contributed by atoms with Crippen molar-refractivity contribution in [2.75, 3.05) is 25.0 Å². The number of anilines is 1. The maximum absolute atomic E-state index is 4.37. The van der Waals surface area contributed by atoms with Crippen LogP contribution in [0, 0.1) is 0 Å². The lowest BCUT2D eigenvalue weighted by molar-refractivity contribution is 0.268. The molecule has 0 radical (unpaired) electrons. The quantitative estimate of drug-likeness (QED) is 0.852. The van der Waals surface area contributed by atoms with E-state index < -0.39 is 0 Å². The van der Waals surface area contributed by atoms with Gasteiger partial charge in [-0.1, -0.05) is 0 Å². The molecule has 1 saturated heterocycles. The smallest absolute Gasteiger partial charge is 0.203 e. The van der Waals surface area contributed by atoms with Crippen LogP contribution in [-0.4, -0.2) is 40.1 Å². The van der Waals surface area contributed by atoms with Crippen molar-refractivity contribution in [1.82, 2.24) is 14.5 Å². The molecular weight excluding hydrogens is 212 g/mol. The second-order valence-electron chi connectivity index (χ2n) is 5.22. The van der Waals surface area contributed by atoms with Crippen LogP contribution in [0.4, 0.5) is 5.95 Å². The molecule has 1 aliphatic heterocycles. The fourth-order valence-corrected chi connectivity index (χ4v) is 2.42. The summed E-state index contributed by atoms with van der Waals surface area (Å²) in [6, 6.07) is 1.05. The van der Waals surface area contributed by atoms with Gasteiger partial charge in [0.2, 0.25) is 5.95 Å². The molecule has 1 aromatic heterocycles. The molecule has 1 atom stereocenters. The van der Waals surface area contributed by atoms with E-state index in [0.717, 1.165) is 12.5 Å². The third-order valence-corrected chi connectivity index (χ3v) is 3.54. The molecule has 2 rings (SSSR count). The monoisotopic (exact) mass is 236 g/mol. The van der Waals surface area contributed by atoms with Gasteiger partial charge in [-0.05, 0) is 46.7 Å². The van der Waals surface area contributed by atoms with E-state index >= 15 is 0 Å². The van der Waals surface area contributed by atoms with E-state index in [4.69, 9.17) is 0 Å². The standard InChI is InChI=1S/C13H24N4/c1-11(2)17-9-6-14-13(17)15-10-12(3)16-7-4-5-8-16/h6,9,11-12H,4-5,7-8,10H2,1-3H3,(H,14,15). The number of likely N-dealkylation sites (tertiary alicyclic amines) is 1. The summed E-state index contributed by atoms with van der Waals surface area (Å²) in [4.78, 5) is 6.92. The van der Waals surface area contributed by atoms with E-state index in [1.807, 2.05) is 12.4 Å². The molecule has 0 aliphatic carbocycles. The van der Waals surface area contributed by atoms with Gasteiger partial charge in [-0.15, -0.1) is 0 Å². The summed E-state index contributed by atoms with van der Waals surface area (Å²) < 4.78 is 2.18. The molecule has 0 spiro atoms. The molecule has 4 heteroatoms. The first-order chi connectivity index (χ1) is 8.18. The Morgan fingerprint density at radius 2 is 2.00 bits per heavy atom. The molecule has 1 unspecified atom stereocenters. The lowest BCUT2D eigenvalue weighted by atomic mass is 10.3. The molecule has 0 amide bonds. The number of hydrogen-bond donors (Lipinski definition) is 1. The van der Waals surface area contributed by atoms with Gasteiger partial charge >= 0.3 is 0 Å². The number of imidazole rings is 1. The number of nitrogens with one attached hydrogen (secondary N) is 1. The largest absolute Gasteiger partial charge is 0.354 e. The molecular formula is C13H24N4. The topological polar surface area (TPSA) is 33.1 Å². The number of rotatable bonds is 5. The van der Waals surface area contributed by atoms with Crippen molar-refractivity contribution in [3.8, 4) is 0 Å². The molecule has 1 aliphatic rings. The van der Waals surface area contributed by atoms with E-state index in [1.54, 1.807) is 0 Å². The van der Waals surface area contributed by atoms with Crippen molar-refractivity contribution >= 4 is 5.95 Å². The van der Waals surface area contributed by atoms with Gasteiger partial charge in [0.25, 0.3) is 0 Å². The SMILES string of the molecule is CC(CNc1nccn1C(C)C)N1CCCC1. The Hall–Kier alpha value is -1.03. The molecule has 0 saturated carbocycles. The average Bonchev–Trinajstić information content (AvgIpc) is 2.96. The van der Waals surface area contributed by atoms with Gasteiger partial charge in [-0.2, -0.15) is 0 Å². The van der Waals surface area contributed by atoms with Crippen molar-refractivity contribution in [3.63, 3.8) is 0 Å². The van der Waals surface area contributed by atoms with Crippen molar-refractivity contribution < 1.29 is 0 Å². The van der Waals surface area contributed by atoms with Crippen LogP contribution in [0.2, 0.25) is 0 Å². The molecule has 96 valence electrons. The summed E-state index contributed by atoms with van der Waals surface area (Å²) in [5.74, 6) is 0.992. The second kappa shape index (κ2) is 5.54. The molecule has 1 N–H and O–H groups in total. The average molecular weight is 236 g/mol. The fourth-order valence-electron chi connectivity index (χ4n) is 2.42. The van der Waals surface area contributed by atoms with Gasteiger partial charge in [-0.25, -0.2) is 4.98 Å². The van der Waals surface area contributed by atoms with Crippen molar-refractivity contribution in [2.45, 2.75) is 45.7 Å². The zero-order chi connectivity index (χ0) is 12.3. The second-order valence-corrected chi connectivity index (χ2v) is 5.22. The number of hydrogen-bond acceptors (Lipinski definition) is 3. The first-order valence-corrected chi connectivity index (χ1v) is 6.69. The minimum absolute atomic E-state index is 0.460. The van der Waals surface area contributed by atoms with Crippen molar-refractivity contribution in [2.24, 2.45) is 0 Å². The molecule has 1 fully saturated rings. The summed E-state index contributed by atoms with van der Waals surface area (Å²) in [6.45, 7) is 10.1. The van der Waals surface area contributed by atoms with Crippen LogP contribution >= 0.6 is 0 Å². The Labute approximate surface area is 104 Å². The van der Waals surface area contributed by atoms with Crippen LogP contribution in [0.3, 0.4) is 0 Å². The maximum Gasteiger partial charge on any atom is 0.203 e. The highest BCUT2D eigenvalue weighted by Crippen LogP contribution is 2.14. The van der Waals surface area contributed by atoms with Crippen molar-refractivity contribution in [3.05, 3.63) is 12.4 Å². The number of nitrogens with zero attached hydrogens (tertiary/aromatic N) is 3. The Morgan fingerprint density at radius 3 is 2.65 bits per heavy atom. The van der Waals surface area contributed by atoms with E-state index in [-0.39, 0.29) is 0 Å². The third-order valence-electron chi connectivity index (χ3n) is 3.54. The van der Waals surface area contributed by atoms with E-state index in [2.05, 4.69) is 40.5 Å². The normalized spacial score (nSPS) is 18.8. The summed E-state index contributed by atoms with van der Waals surface area (Å²) in [5, 5.41) is 3.46. The molecule has 2 heterocycles. The van der Waals surface area contributed by atoms with E-state index in [1.165, 1.54) is 25.9 Å². The van der Waals surface area contributed by atoms with Crippen LogP contribution in [-0.2, 0) is 0 Å². The molecule has 0 aromatic carbocycles. The Balaban J connectivity index is 1.86. The van der Waals surface area contributed by atoms with E-state index in [0.29, 0.717) is 12.1 Å². The van der Waals surface area contributed by atoms with Crippen LogP contribution < -0.4 is 5.32 Å².